The molecule has 0 saturated carbocycles. The van der Waals surface area contributed by atoms with E-state index in [0.29, 0.717) is 35.4 Å². The predicted molar refractivity (Wildman–Crippen MR) is 84.8 cm³/mol. The summed E-state index contributed by atoms with van der Waals surface area (Å²) >= 11 is 0. The monoisotopic (exact) mass is 297 g/mol. The molecule has 112 valence electrons. The molecule has 0 atom stereocenters. The maximum absolute atomic E-state index is 14.1. The summed E-state index contributed by atoms with van der Waals surface area (Å²) in [6, 6.07) is 12.1. The highest BCUT2D eigenvalue weighted by molar-refractivity contribution is 5.82. The Morgan fingerprint density at radius 1 is 1.18 bits per heavy atom. The van der Waals surface area contributed by atoms with Gasteiger partial charge in [0, 0.05) is 6.42 Å². The highest BCUT2D eigenvalue weighted by Gasteiger charge is 2.16. The van der Waals surface area contributed by atoms with Crippen molar-refractivity contribution >= 4 is 10.9 Å². The van der Waals surface area contributed by atoms with Crippen LogP contribution < -0.4 is 11.3 Å². The summed E-state index contributed by atoms with van der Waals surface area (Å²) < 4.78 is 15.6. The molecule has 0 aliphatic rings. The summed E-state index contributed by atoms with van der Waals surface area (Å²) in [6.45, 7) is 2.11. The maximum atomic E-state index is 14.1. The third-order valence-electron chi connectivity index (χ3n) is 3.64. The van der Waals surface area contributed by atoms with E-state index in [-0.39, 0.29) is 11.1 Å². The average molecular weight is 297 g/mol. The van der Waals surface area contributed by atoms with Gasteiger partial charge in [-0.05, 0) is 37.2 Å². The van der Waals surface area contributed by atoms with Crippen LogP contribution in [0.1, 0.15) is 11.4 Å². The molecular formula is C17H16FN3O. The van der Waals surface area contributed by atoms with Crippen molar-refractivity contribution in [2.75, 3.05) is 6.54 Å². The Morgan fingerprint density at radius 2 is 1.91 bits per heavy atom. The van der Waals surface area contributed by atoms with E-state index in [2.05, 4.69) is 4.98 Å². The van der Waals surface area contributed by atoms with Gasteiger partial charge in [0.1, 0.15) is 17.2 Å². The van der Waals surface area contributed by atoms with Gasteiger partial charge in [-0.2, -0.15) is 0 Å². The van der Waals surface area contributed by atoms with E-state index >= 15 is 0 Å². The van der Waals surface area contributed by atoms with Crippen LogP contribution in [0.15, 0.2) is 47.3 Å². The van der Waals surface area contributed by atoms with E-state index in [1.807, 2.05) is 30.3 Å². The lowest BCUT2D eigenvalue weighted by atomic mass is 10.1. The third-order valence-corrected chi connectivity index (χ3v) is 3.64. The second kappa shape index (κ2) is 5.69. The Hall–Kier alpha value is -2.53. The smallest absolute Gasteiger partial charge is 0.266 e. The van der Waals surface area contributed by atoms with Gasteiger partial charge in [-0.3, -0.25) is 9.36 Å². The summed E-state index contributed by atoms with van der Waals surface area (Å²) in [5, 5.41) is 0.310. The summed E-state index contributed by atoms with van der Waals surface area (Å²) in [5.74, 6) is -0.0214. The fraction of sp³-hybridized carbons (Fsp3) is 0.176. The SMILES string of the molecule is Cc1ccc(F)c2nc(CCN)n(-c3ccccc3)c(=O)c12. The molecule has 2 N–H and O–H groups in total. The second-order valence-electron chi connectivity index (χ2n) is 5.13. The van der Waals surface area contributed by atoms with Crippen molar-refractivity contribution in [3.63, 3.8) is 0 Å². The van der Waals surface area contributed by atoms with Crippen LogP contribution in [0.2, 0.25) is 0 Å². The molecule has 0 radical (unpaired) electrons. The molecule has 0 aliphatic heterocycles. The van der Waals surface area contributed by atoms with Crippen molar-refractivity contribution in [3.05, 3.63) is 70.0 Å². The van der Waals surface area contributed by atoms with Crippen LogP contribution in [0.5, 0.6) is 0 Å². The van der Waals surface area contributed by atoms with Crippen molar-refractivity contribution in [2.45, 2.75) is 13.3 Å². The number of para-hydroxylation sites is 1. The maximum Gasteiger partial charge on any atom is 0.266 e. The first kappa shape index (κ1) is 14.4. The van der Waals surface area contributed by atoms with Crippen LogP contribution in [-0.4, -0.2) is 16.1 Å². The minimum Gasteiger partial charge on any atom is -0.330 e. The standard InChI is InChI=1S/C17H16FN3O/c1-11-7-8-13(18)16-15(11)17(22)21(14(20-16)9-10-19)12-5-3-2-4-6-12/h2-8H,9-10,19H2,1H3. The predicted octanol–water partition coefficient (Wildman–Crippen LogP) is 2.33. The zero-order chi connectivity index (χ0) is 15.7. The number of halogens is 1. The first-order valence-corrected chi connectivity index (χ1v) is 7.09. The number of fused-ring (bicyclic) bond motifs is 1. The van der Waals surface area contributed by atoms with E-state index in [1.54, 1.807) is 13.0 Å². The Balaban J connectivity index is 2.45. The summed E-state index contributed by atoms with van der Waals surface area (Å²) in [5.41, 5.74) is 6.87. The van der Waals surface area contributed by atoms with Crippen molar-refractivity contribution in [1.82, 2.24) is 9.55 Å². The number of aryl methyl sites for hydroxylation is 1. The van der Waals surface area contributed by atoms with Gasteiger partial charge in [0.05, 0.1) is 11.1 Å². The van der Waals surface area contributed by atoms with Gasteiger partial charge in [0.15, 0.2) is 0 Å². The minimum atomic E-state index is -0.490. The molecule has 3 aromatic rings. The molecule has 22 heavy (non-hydrogen) atoms. The Morgan fingerprint density at radius 3 is 2.59 bits per heavy atom. The molecular weight excluding hydrogens is 281 g/mol. The largest absolute Gasteiger partial charge is 0.330 e. The molecule has 0 aliphatic carbocycles. The number of aromatic nitrogens is 2. The van der Waals surface area contributed by atoms with Crippen molar-refractivity contribution < 1.29 is 4.39 Å². The molecule has 3 rings (SSSR count). The summed E-state index contributed by atoms with van der Waals surface area (Å²) in [6.07, 6.45) is 0.396. The molecule has 1 heterocycles. The van der Waals surface area contributed by atoms with E-state index in [0.717, 1.165) is 0 Å². The topological polar surface area (TPSA) is 60.9 Å². The number of rotatable bonds is 3. The average Bonchev–Trinajstić information content (AvgIpc) is 2.52. The fourth-order valence-electron chi connectivity index (χ4n) is 2.59. The molecule has 0 bridgehead atoms. The lowest BCUT2D eigenvalue weighted by Gasteiger charge is -2.14. The highest BCUT2D eigenvalue weighted by Crippen LogP contribution is 2.19. The van der Waals surface area contributed by atoms with E-state index in [9.17, 15) is 9.18 Å². The van der Waals surface area contributed by atoms with Crippen LogP contribution in [-0.2, 0) is 6.42 Å². The molecule has 0 fully saturated rings. The number of benzene rings is 2. The first-order chi connectivity index (χ1) is 10.6. The number of hydrogen-bond acceptors (Lipinski definition) is 3. The van der Waals surface area contributed by atoms with Gasteiger partial charge in [-0.25, -0.2) is 9.37 Å². The third kappa shape index (κ3) is 2.29. The van der Waals surface area contributed by atoms with Crippen LogP contribution in [0.25, 0.3) is 16.6 Å². The molecule has 0 spiro atoms. The quantitative estimate of drug-likeness (QED) is 0.807. The molecule has 2 aromatic carbocycles. The van der Waals surface area contributed by atoms with Gasteiger partial charge < -0.3 is 5.73 Å². The van der Waals surface area contributed by atoms with Crippen LogP contribution in [0.3, 0.4) is 0 Å². The fourth-order valence-corrected chi connectivity index (χ4v) is 2.59. The van der Waals surface area contributed by atoms with Crippen LogP contribution in [0, 0.1) is 12.7 Å². The van der Waals surface area contributed by atoms with E-state index in [4.69, 9.17) is 5.73 Å². The molecule has 1 aromatic heterocycles. The van der Waals surface area contributed by atoms with Gasteiger partial charge in [-0.1, -0.05) is 24.3 Å². The Kier molecular flexibility index (Phi) is 3.73. The van der Waals surface area contributed by atoms with E-state index < -0.39 is 5.82 Å². The lowest BCUT2D eigenvalue weighted by Crippen LogP contribution is -2.26. The van der Waals surface area contributed by atoms with Gasteiger partial charge in [0.2, 0.25) is 0 Å². The molecule has 0 saturated heterocycles. The van der Waals surface area contributed by atoms with Crippen molar-refractivity contribution in [1.29, 1.82) is 0 Å². The first-order valence-electron chi connectivity index (χ1n) is 7.09. The lowest BCUT2D eigenvalue weighted by molar-refractivity contribution is 0.633. The van der Waals surface area contributed by atoms with Crippen molar-refractivity contribution in [3.8, 4) is 5.69 Å². The molecule has 4 nitrogen and oxygen atoms in total. The Labute approximate surface area is 127 Å². The van der Waals surface area contributed by atoms with Crippen LogP contribution in [0.4, 0.5) is 4.39 Å². The second-order valence-corrected chi connectivity index (χ2v) is 5.13. The zero-order valence-electron chi connectivity index (χ0n) is 12.2. The van der Waals surface area contributed by atoms with Gasteiger partial charge in [-0.15, -0.1) is 0 Å². The number of nitrogens with zero attached hydrogens (tertiary/aromatic N) is 2. The molecule has 0 amide bonds. The summed E-state index contributed by atoms with van der Waals surface area (Å²) in [7, 11) is 0. The van der Waals surface area contributed by atoms with Gasteiger partial charge in [0.25, 0.3) is 5.56 Å². The Bertz CT molecular complexity index is 888. The molecule has 5 heteroatoms. The highest BCUT2D eigenvalue weighted by atomic mass is 19.1. The zero-order valence-corrected chi connectivity index (χ0v) is 12.2. The number of hydrogen-bond donors (Lipinski definition) is 1. The summed E-state index contributed by atoms with van der Waals surface area (Å²) in [4.78, 5) is 17.3. The van der Waals surface area contributed by atoms with E-state index in [1.165, 1.54) is 10.6 Å². The molecule has 0 unspecified atom stereocenters. The normalized spacial score (nSPS) is 11.0. The van der Waals surface area contributed by atoms with Crippen LogP contribution >= 0.6 is 0 Å². The van der Waals surface area contributed by atoms with Crippen molar-refractivity contribution in [2.24, 2.45) is 5.73 Å². The number of nitrogens with two attached hydrogens (primary N) is 1. The van der Waals surface area contributed by atoms with Gasteiger partial charge >= 0.3 is 0 Å². The minimum absolute atomic E-state index is 0.112.